The van der Waals surface area contributed by atoms with Crippen molar-refractivity contribution < 1.29 is 9.18 Å². The number of anilines is 2. The third kappa shape index (κ3) is 3.00. The van der Waals surface area contributed by atoms with Crippen molar-refractivity contribution in [1.82, 2.24) is 4.98 Å². The summed E-state index contributed by atoms with van der Waals surface area (Å²) in [7, 11) is 1.53. The third-order valence-electron chi connectivity index (χ3n) is 2.45. The number of carbonyl (C=O) groups excluding carboxylic acids is 1. The van der Waals surface area contributed by atoms with Crippen molar-refractivity contribution in [3.8, 4) is 0 Å². The molecule has 19 heavy (non-hydrogen) atoms. The lowest BCUT2D eigenvalue weighted by Crippen LogP contribution is -2.15. The molecule has 2 N–H and O–H groups in total. The Balaban J connectivity index is 2.25. The Kier molecular flexibility index (Phi) is 3.97. The topological polar surface area (TPSA) is 54.0 Å². The van der Waals surface area contributed by atoms with Crippen molar-refractivity contribution in [3.63, 3.8) is 0 Å². The van der Waals surface area contributed by atoms with E-state index in [4.69, 9.17) is 11.6 Å². The molecule has 0 atom stereocenters. The molecule has 0 bridgehead atoms. The summed E-state index contributed by atoms with van der Waals surface area (Å²) in [6.07, 6.45) is 1.36. The van der Waals surface area contributed by atoms with E-state index in [1.165, 1.54) is 19.3 Å². The van der Waals surface area contributed by atoms with E-state index in [-0.39, 0.29) is 11.4 Å². The third-order valence-corrected chi connectivity index (χ3v) is 2.69. The van der Waals surface area contributed by atoms with Crippen molar-refractivity contribution in [2.24, 2.45) is 0 Å². The number of nitrogens with zero attached hydrogens (tertiary/aromatic N) is 1. The summed E-state index contributed by atoms with van der Waals surface area (Å²) in [6, 6.07) is 7.94. The summed E-state index contributed by atoms with van der Waals surface area (Å²) < 4.78 is 13.9. The van der Waals surface area contributed by atoms with Gasteiger partial charge in [0, 0.05) is 24.0 Å². The number of aromatic nitrogens is 1. The number of hydrogen-bond acceptors (Lipinski definition) is 3. The molecule has 0 fully saturated rings. The smallest absolute Gasteiger partial charge is 0.258 e. The molecule has 0 radical (unpaired) electrons. The average Bonchev–Trinajstić information content (AvgIpc) is 2.39. The monoisotopic (exact) mass is 279 g/mol. The number of benzene rings is 1. The molecule has 0 aliphatic carbocycles. The highest BCUT2D eigenvalue weighted by atomic mass is 35.5. The van der Waals surface area contributed by atoms with E-state index in [2.05, 4.69) is 15.6 Å². The highest BCUT2D eigenvalue weighted by Crippen LogP contribution is 2.18. The van der Waals surface area contributed by atoms with Crippen LogP contribution in [0.3, 0.4) is 0 Å². The zero-order valence-electron chi connectivity index (χ0n) is 10.1. The number of hydrogen-bond donors (Lipinski definition) is 2. The molecule has 1 aromatic heterocycles. The van der Waals surface area contributed by atoms with Crippen molar-refractivity contribution in [2.75, 3.05) is 17.7 Å². The molecule has 2 aromatic rings. The van der Waals surface area contributed by atoms with Crippen LogP contribution in [0.5, 0.6) is 0 Å². The second kappa shape index (κ2) is 5.67. The number of pyridine rings is 1. The zero-order valence-corrected chi connectivity index (χ0v) is 10.8. The lowest BCUT2D eigenvalue weighted by Gasteiger charge is -2.08. The fourth-order valence-corrected chi connectivity index (χ4v) is 1.75. The summed E-state index contributed by atoms with van der Waals surface area (Å²) >= 11 is 5.81. The number of nitrogens with one attached hydrogen (secondary N) is 2. The molecule has 0 spiro atoms. The van der Waals surface area contributed by atoms with Gasteiger partial charge in [-0.05, 0) is 24.3 Å². The molecule has 6 heteroatoms. The number of rotatable bonds is 3. The van der Waals surface area contributed by atoms with Crippen molar-refractivity contribution in [2.45, 2.75) is 0 Å². The molecule has 1 amide bonds. The van der Waals surface area contributed by atoms with Crippen LogP contribution in [0.25, 0.3) is 0 Å². The van der Waals surface area contributed by atoms with E-state index < -0.39 is 11.7 Å². The Labute approximate surface area is 114 Å². The van der Waals surface area contributed by atoms with E-state index in [0.717, 1.165) is 0 Å². The molecule has 1 aromatic carbocycles. The minimum atomic E-state index is -0.690. The largest absolute Gasteiger partial charge is 0.371 e. The summed E-state index contributed by atoms with van der Waals surface area (Å²) in [5.41, 5.74) is 0.416. The predicted octanol–water partition coefficient (Wildman–Crippen LogP) is 3.17. The molecule has 2 rings (SSSR count). The quantitative estimate of drug-likeness (QED) is 0.907. The van der Waals surface area contributed by atoms with Gasteiger partial charge in [-0.25, -0.2) is 9.37 Å². The first-order valence-electron chi connectivity index (χ1n) is 5.51. The minimum absolute atomic E-state index is 0.0266. The second-order valence-electron chi connectivity index (χ2n) is 3.74. The van der Waals surface area contributed by atoms with Crippen LogP contribution in [-0.2, 0) is 0 Å². The van der Waals surface area contributed by atoms with Gasteiger partial charge in [-0.1, -0.05) is 17.7 Å². The SMILES string of the molecule is CNc1nccc(C(=O)Nc2cccc(Cl)c2)c1F. The number of halogens is 2. The van der Waals surface area contributed by atoms with Crippen LogP contribution in [0.1, 0.15) is 10.4 Å². The summed E-state index contributed by atoms with van der Waals surface area (Å²) in [5.74, 6) is -1.22. The maximum atomic E-state index is 13.9. The zero-order chi connectivity index (χ0) is 13.8. The Hall–Kier alpha value is -2.14. The van der Waals surface area contributed by atoms with Gasteiger partial charge in [-0.3, -0.25) is 4.79 Å². The molecule has 0 aliphatic heterocycles. The van der Waals surface area contributed by atoms with Gasteiger partial charge in [-0.15, -0.1) is 0 Å². The van der Waals surface area contributed by atoms with Crippen LogP contribution in [0, 0.1) is 5.82 Å². The molecule has 0 saturated carbocycles. The maximum absolute atomic E-state index is 13.9. The van der Waals surface area contributed by atoms with Gasteiger partial charge in [0.25, 0.3) is 5.91 Å². The normalized spacial score (nSPS) is 10.1. The molecule has 4 nitrogen and oxygen atoms in total. The van der Waals surface area contributed by atoms with Crippen molar-refractivity contribution >= 4 is 29.0 Å². The fraction of sp³-hybridized carbons (Fsp3) is 0.0769. The highest BCUT2D eigenvalue weighted by Gasteiger charge is 2.15. The van der Waals surface area contributed by atoms with Gasteiger partial charge < -0.3 is 10.6 Å². The Morgan fingerprint density at radius 3 is 2.84 bits per heavy atom. The van der Waals surface area contributed by atoms with Crippen molar-refractivity contribution in [3.05, 3.63) is 52.9 Å². The summed E-state index contributed by atoms with van der Waals surface area (Å²) in [4.78, 5) is 15.7. The molecule has 1 heterocycles. The minimum Gasteiger partial charge on any atom is -0.371 e. The van der Waals surface area contributed by atoms with Gasteiger partial charge in [0.2, 0.25) is 0 Å². The second-order valence-corrected chi connectivity index (χ2v) is 4.17. The summed E-state index contributed by atoms with van der Waals surface area (Å²) in [6.45, 7) is 0. The number of carbonyl (C=O) groups is 1. The highest BCUT2D eigenvalue weighted by molar-refractivity contribution is 6.30. The lowest BCUT2D eigenvalue weighted by molar-refractivity contribution is 0.102. The predicted molar refractivity (Wildman–Crippen MR) is 73.1 cm³/mol. The van der Waals surface area contributed by atoms with Crippen LogP contribution in [0.15, 0.2) is 36.5 Å². The first-order valence-corrected chi connectivity index (χ1v) is 5.89. The first kappa shape index (κ1) is 13.3. The standard InChI is InChI=1S/C13H11ClFN3O/c1-16-12-11(15)10(5-6-17-12)13(19)18-9-4-2-3-8(14)7-9/h2-7H,1H3,(H,16,17)(H,18,19). The first-order chi connectivity index (χ1) is 9.11. The van der Waals surface area contributed by atoms with E-state index in [9.17, 15) is 9.18 Å². The summed E-state index contributed by atoms with van der Waals surface area (Å²) in [5, 5.41) is 5.64. The van der Waals surface area contributed by atoms with E-state index in [1.54, 1.807) is 24.3 Å². The van der Waals surface area contributed by atoms with Gasteiger partial charge in [-0.2, -0.15) is 0 Å². The molecule has 0 aliphatic rings. The molecule has 98 valence electrons. The molecular formula is C13H11ClFN3O. The van der Waals surface area contributed by atoms with Crippen LogP contribution >= 0.6 is 11.6 Å². The van der Waals surface area contributed by atoms with Crippen LogP contribution in [0.4, 0.5) is 15.9 Å². The van der Waals surface area contributed by atoms with Gasteiger partial charge in [0.1, 0.15) is 0 Å². The molecule has 0 saturated heterocycles. The van der Waals surface area contributed by atoms with E-state index in [1.807, 2.05) is 0 Å². The van der Waals surface area contributed by atoms with Gasteiger partial charge in [0.05, 0.1) is 5.56 Å². The Morgan fingerprint density at radius 1 is 1.37 bits per heavy atom. The molecular weight excluding hydrogens is 269 g/mol. The Morgan fingerprint density at radius 2 is 2.16 bits per heavy atom. The fourth-order valence-electron chi connectivity index (χ4n) is 1.56. The van der Waals surface area contributed by atoms with Crippen LogP contribution < -0.4 is 10.6 Å². The Bertz CT molecular complexity index is 619. The van der Waals surface area contributed by atoms with Gasteiger partial charge in [0.15, 0.2) is 11.6 Å². The molecule has 0 unspecified atom stereocenters. The van der Waals surface area contributed by atoms with E-state index >= 15 is 0 Å². The van der Waals surface area contributed by atoms with Crippen LogP contribution in [-0.4, -0.2) is 17.9 Å². The van der Waals surface area contributed by atoms with Crippen LogP contribution in [0.2, 0.25) is 5.02 Å². The van der Waals surface area contributed by atoms with Crippen molar-refractivity contribution in [1.29, 1.82) is 0 Å². The maximum Gasteiger partial charge on any atom is 0.258 e. The average molecular weight is 280 g/mol. The number of amides is 1. The van der Waals surface area contributed by atoms with Gasteiger partial charge >= 0.3 is 0 Å². The lowest BCUT2D eigenvalue weighted by atomic mass is 10.2. The van der Waals surface area contributed by atoms with E-state index in [0.29, 0.717) is 10.7 Å².